The second kappa shape index (κ2) is 3.96. The summed E-state index contributed by atoms with van der Waals surface area (Å²) in [5.74, 6) is 0.665. The van der Waals surface area contributed by atoms with E-state index in [1.807, 2.05) is 0 Å². The molecule has 2 rings (SSSR count). The van der Waals surface area contributed by atoms with E-state index in [2.05, 4.69) is 34.6 Å². The number of hydrogen-bond donors (Lipinski definition) is 1. The molecule has 1 heterocycles. The Balaban J connectivity index is 2.26. The van der Waals surface area contributed by atoms with Gasteiger partial charge in [0.15, 0.2) is 0 Å². The number of hydrogen-bond acceptors (Lipinski definition) is 2. The van der Waals surface area contributed by atoms with Gasteiger partial charge >= 0.3 is 0 Å². The average Bonchev–Trinajstić information content (AvgIpc) is 2.40. The highest BCUT2D eigenvalue weighted by molar-refractivity contribution is 5.06. The van der Waals surface area contributed by atoms with Gasteiger partial charge in [0.25, 0.3) is 0 Å². The summed E-state index contributed by atoms with van der Waals surface area (Å²) in [7, 11) is 0. The average molecular weight is 240 g/mol. The van der Waals surface area contributed by atoms with Gasteiger partial charge in [-0.3, -0.25) is 0 Å². The van der Waals surface area contributed by atoms with Crippen LogP contribution in [0.5, 0.6) is 0 Å². The highest BCUT2D eigenvalue weighted by Crippen LogP contribution is 2.52. The van der Waals surface area contributed by atoms with Gasteiger partial charge in [0, 0.05) is 5.92 Å². The third-order valence-corrected chi connectivity index (χ3v) is 5.00. The molecule has 0 bridgehead atoms. The Morgan fingerprint density at radius 1 is 1.12 bits per heavy atom. The first-order chi connectivity index (χ1) is 7.67. The van der Waals surface area contributed by atoms with Crippen molar-refractivity contribution in [3.05, 3.63) is 0 Å². The summed E-state index contributed by atoms with van der Waals surface area (Å²) in [4.78, 5) is 0. The summed E-state index contributed by atoms with van der Waals surface area (Å²) in [6.07, 6.45) is 5.50. The minimum absolute atomic E-state index is 0.0962. The van der Waals surface area contributed by atoms with Gasteiger partial charge in [-0.2, -0.15) is 0 Å². The van der Waals surface area contributed by atoms with Crippen LogP contribution >= 0.6 is 0 Å². The molecule has 0 aromatic carbocycles. The molecule has 0 spiro atoms. The summed E-state index contributed by atoms with van der Waals surface area (Å²) in [5, 5.41) is 11.1. The van der Waals surface area contributed by atoms with E-state index in [-0.39, 0.29) is 17.1 Å². The molecule has 2 fully saturated rings. The van der Waals surface area contributed by atoms with Crippen molar-refractivity contribution >= 4 is 0 Å². The lowest BCUT2D eigenvalue weighted by Crippen LogP contribution is -2.52. The van der Waals surface area contributed by atoms with Crippen LogP contribution in [0.15, 0.2) is 0 Å². The van der Waals surface area contributed by atoms with E-state index < -0.39 is 5.60 Å². The van der Waals surface area contributed by atoms with Crippen LogP contribution in [0.4, 0.5) is 0 Å². The molecule has 1 aliphatic heterocycles. The first-order valence-corrected chi connectivity index (χ1v) is 7.10. The largest absolute Gasteiger partial charge is 0.389 e. The predicted molar refractivity (Wildman–Crippen MR) is 69.9 cm³/mol. The fraction of sp³-hybridized carbons (Fsp3) is 1.00. The van der Waals surface area contributed by atoms with Crippen molar-refractivity contribution in [1.82, 2.24) is 0 Å². The first kappa shape index (κ1) is 13.4. The van der Waals surface area contributed by atoms with Gasteiger partial charge in [-0.15, -0.1) is 0 Å². The maximum atomic E-state index is 11.1. The highest BCUT2D eigenvalue weighted by Gasteiger charge is 2.56. The molecule has 1 aliphatic carbocycles. The smallest absolute Gasteiger partial charge is 0.0729 e. The molecule has 3 atom stereocenters. The second-order valence-electron chi connectivity index (χ2n) is 7.36. The fourth-order valence-corrected chi connectivity index (χ4v) is 4.21. The lowest BCUT2D eigenvalue weighted by Gasteiger charge is -2.46. The SMILES string of the molecule is CC1CCCCC1(O)C1CC(C)(C)OC1(C)C. The predicted octanol–water partition coefficient (Wildman–Crippen LogP) is 3.52. The molecule has 1 saturated carbocycles. The van der Waals surface area contributed by atoms with Crippen molar-refractivity contribution in [3.8, 4) is 0 Å². The van der Waals surface area contributed by atoms with Crippen LogP contribution in [-0.2, 0) is 4.74 Å². The Kier molecular flexibility index (Phi) is 3.11. The van der Waals surface area contributed by atoms with Gasteiger partial charge in [0.05, 0.1) is 16.8 Å². The third-order valence-electron chi connectivity index (χ3n) is 5.00. The summed E-state index contributed by atoms with van der Waals surface area (Å²) in [6, 6.07) is 0. The van der Waals surface area contributed by atoms with Crippen molar-refractivity contribution in [2.45, 2.75) is 83.5 Å². The topological polar surface area (TPSA) is 29.5 Å². The molecule has 0 radical (unpaired) electrons. The molecule has 100 valence electrons. The molecule has 17 heavy (non-hydrogen) atoms. The maximum Gasteiger partial charge on any atom is 0.0729 e. The molecule has 0 aromatic rings. The Labute approximate surface area is 106 Å². The fourth-order valence-electron chi connectivity index (χ4n) is 4.21. The summed E-state index contributed by atoms with van der Waals surface area (Å²) < 4.78 is 6.16. The van der Waals surface area contributed by atoms with E-state index in [1.165, 1.54) is 6.42 Å². The van der Waals surface area contributed by atoms with Crippen LogP contribution in [0.3, 0.4) is 0 Å². The normalized spacial score (nSPS) is 44.8. The lowest BCUT2D eigenvalue weighted by molar-refractivity contribution is -0.143. The van der Waals surface area contributed by atoms with E-state index >= 15 is 0 Å². The molecule has 0 amide bonds. The minimum atomic E-state index is -0.518. The first-order valence-electron chi connectivity index (χ1n) is 7.10. The van der Waals surface area contributed by atoms with Crippen molar-refractivity contribution in [2.75, 3.05) is 0 Å². The molecular weight excluding hydrogens is 212 g/mol. The third kappa shape index (κ3) is 2.26. The molecule has 2 aliphatic rings. The molecular formula is C15H28O2. The van der Waals surface area contributed by atoms with Crippen LogP contribution in [-0.4, -0.2) is 21.9 Å². The highest BCUT2D eigenvalue weighted by atomic mass is 16.5. The summed E-state index contributed by atoms with van der Waals surface area (Å²) in [6.45, 7) is 10.8. The van der Waals surface area contributed by atoms with Gasteiger partial charge in [0.1, 0.15) is 0 Å². The molecule has 2 heteroatoms. The van der Waals surface area contributed by atoms with Crippen LogP contribution < -0.4 is 0 Å². The Morgan fingerprint density at radius 3 is 2.24 bits per heavy atom. The Morgan fingerprint density at radius 2 is 1.76 bits per heavy atom. The molecule has 1 saturated heterocycles. The van der Waals surface area contributed by atoms with E-state index in [4.69, 9.17) is 4.74 Å². The Hall–Kier alpha value is -0.0800. The molecule has 1 N–H and O–H groups in total. The zero-order chi connectivity index (χ0) is 12.9. The van der Waals surface area contributed by atoms with Gasteiger partial charge in [-0.25, -0.2) is 0 Å². The van der Waals surface area contributed by atoms with E-state index in [0.717, 1.165) is 25.7 Å². The van der Waals surface area contributed by atoms with Gasteiger partial charge in [-0.1, -0.05) is 19.8 Å². The zero-order valence-corrected chi connectivity index (χ0v) is 12.0. The van der Waals surface area contributed by atoms with E-state index in [1.54, 1.807) is 0 Å². The van der Waals surface area contributed by atoms with E-state index in [9.17, 15) is 5.11 Å². The number of rotatable bonds is 1. The van der Waals surface area contributed by atoms with E-state index in [0.29, 0.717) is 5.92 Å². The second-order valence-corrected chi connectivity index (χ2v) is 7.36. The van der Waals surface area contributed by atoms with Gasteiger partial charge in [-0.05, 0) is 52.9 Å². The monoisotopic (exact) mass is 240 g/mol. The molecule has 2 nitrogen and oxygen atoms in total. The van der Waals surface area contributed by atoms with Crippen molar-refractivity contribution in [3.63, 3.8) is 0 Å². The quantitative estimate of drug-likeness (QED) is 0.760. The lowest BCUT2D eigenvalue weighted by atomic mass is 9.63. The van der Waals surface area contributed by atoms with Crippen LogP contribution in [0.25, 0.3) is 0 Å². The Bertz CT molecular complexity index is 295. The number of aliphatic hydroxyl groups is 1. The summed E-state index contributed by atoms with van der Waals surface area (Å²) >= 11 is 0. The van der Waals surface area contributed by atoms with Crippen LogP contribution in [0, 0.1) is 11.8 Å². The summed E-state index contributed by atoms with van der Waals surface area (Å²) in [5.41, 5.74) is -0.819. The van der Waals surface area contributed by atoms with Gasteiger partial charge < -0.3 is 9.84 Å². The number of ether oxygens (including phenoxy) is 1. The zero-order valence-electron chi connectivity index (χ0n) is 12.0. The maximum absolute atomic E-state index is 11.1. The van der Waals surface area contributed by atoms with Gasteiger partial charge in [0.2, 0.25) is 0 Å². The van der Waals surface area contributed by atoms with Crippen LogP contribution in [0.1, 0.15) is 66.7 Å². The van der Waals surface area contributed by atoms with Crippen molar-refractivity contribution < 1.29 is 9.84 Å². The molecule has 0 aromatic heterocycles. The van der Waals surface area contributed by atoms with Crippen molar-refractivity contribution in [1.29, 1.82) is 0 Å². The van der Waals surface area contributed by atoms with Crippen LogP contribution in [0.2, 0.25) is 0 Å². The van der Waals surface area contributed by atoms with Crippen molar-refractivity contribution in [2.24, 2.45) is 11.8 Å². The molecule has 3 unspecified atom stereocenters. The standard InChI is InChI=1S/C15H28O2/c1-11-8-6-7-9-15(11,16)12-10-13(2,3)17-14(12,4)5/h11-12,16H,6-10H2,1-5H3. The minimum Gasteiger partial charge on any atom is -0.389 e.